The number of aryl methyl sites for hydroxylation is 1. The fourth-order valence-electron chi connectivity index (χ4n) is 3.60. The van der Waals surface area contributed by atoms with Gasteiger partial charge in [-0.15, -0.1) is 0 Å². The van der Waals surface area contributed by atoms with Crippen LogP contribution >= 0.6 is 0 Å². The Labute approximate surface area is 177 Å². The van der Waals surface area contributed by atoms with Crippen molar-refractivity contribution in [2.24, 2.45) is 0 Å². The molecule has 1 unspecified atom stereocenters. The molecule has 1 atom stereocenters. The van der Waals surface area contributed by atoms with Crippen molar-refractivity contribution in [3.63, 3.8) is 0 Å². The Bertz CT molecular complexity index is 1200. The third kappa shape index (κ3) is 3.57. The van der Waals surface area contributed by atoms with Gasteiger partial charge in [0.1, 0.15) is 0 Å². The Hall–Kier alpha value is -4.26. The van der Waals surface area contributed by atoms with Crippen LogP contribution in [0.2, 0.25) is 0 Å². The zero-order valence-corrected chi connectivity index (χ0v) is 16.5. The van der Waals surface area contributed by atoms with Crippen molar-refractivity contribution in [1.82, 2.24) is 4.90 Å². The molecule has 0 bridgehead atoms. The van der Waals surface area contributed by atoms with Crippen LogP contribution in [0.5, 0.6) is 0 Å². The molecule has 3 amide bonds. The van der Waals surface area contributed by atoms with Crippen LogP contribution in [0.1, 0.15) is 48.2 Å². The van der Waals surface area contributed by atoms with Gasteiger partial charge in [0.15, 0.2) is 6.04 Å². The van der Waals surface area contributed by atoms with E-state index in [4.69, 9.17) is 0 Å². The van der Waals surface area contributed by atoms with Crippen LogP contribution in [-0.2, 0) is 4.79 Å². The predicted molar refractivity (Wildman–Crippen MR) is 113 cm³/mol. The number of hydrogen-bond acceptors (Lipinski definition) is 4. The van der Waals surface area contributed by atoms with E-state index < -0.39 is 29.7 Å². The second-order valence-corrected chi connectivity index (χ2v) is 7.18. The average molecular weight is 414 g/mol. The third-order valence-corrected chi connectivity index (χ3v) is 5.11. The Morgan fingerprint density at radius 2 is 1.55 bits per heavy atom. The molecule has 0 aromatic heterocycles. The summed E-state index contributed by atoms with van der Waals surface area (Å²) in [5.74, 6) is -3.46. The number of nitrogens with one attached hydrogen (secondary N) is 1. The Balaban J connectivity index is 1.72. The van der Waals surface area contributed by atoms with E-state index in [1.807, 2.05) is 19.1 Å². The van der Waals surface area contributed by atoms with Crippen LogP contribution in [0.15, 0.2) is 72.8 Å². The number of nitrogens with zero attached hydrogens (tertiary/aromatic N) is 1. The second-order valence-electron chi connectivity index (χ2n) is 7.18. The topological polar surface area (TPSA) is 104 Å². The molecule has 7 nitrogen and oxygen atoms in total. The van der Waals surface area contributed by atoms with Gasteiger partial charge in [0, 0.05) is 5.69 Å². The maximum atomic E-state index is 13.2. The average Bonchev–Trinajstić information content (AvgIpc) is 3.01. The van der Waals surface area contributed by atoms with Crippen LogP contribution in [0.3, 0.4) is 0 Å². The van der Waals surface area contributed by atoms with E-state index in [0.717, 1.165) is 5.56 Å². The summed E-state index contributed by atoms with van der Waals surface area (Å²) in [6.45, 7) is 1.92. The predicted octanol–water partition coefficient (Wildman–Crippen LogP) is 3.67. The summed E-state index contributed by atoms with van der Waals surface area (Å²) in [5.41, 5.74) is 1.76. The van der Waals surface area contributed by atoms with Crippen LogP contribution in [-0.4, -0.2) is 33.7 Å². The number of fused-ring (bicyclic) bond motifs is 1. The Morgan fingerprint density at radius 1 is 0.871 bits per heavy atom. The van der Waals surface area contributed by atoms with Gasteiger partial charge in [0.2, 0.25) is 0 Å². The number of hydrogen-bond donors (Lipinski definition) is 2. The number of benzene rings is 3. The SMILES string of the molecule is Cc1ccc(NC(=O)c2cccc3c2C(=O)N(C(C(=O)O)c2ccccc2)C3=O)cc1. The van der Waals surface area contributed by atoms with Gasteiger partial charge in [0.25, 0.3) is 17.7 Å². The van der Waals surface area contributed by atoms with Crippen LogP contribution in [0.4, 0.5) is 5.69 Å². The Morgan fingerprint density at radius 3 is 2.19 bits per heavy atom. The first-order valence-corrected chi connectivity index (χ1v) is 9.55. The fourth-order valence-corrected chi connectivity index (χ4v) is 3.60. The van der Waals surface area contributed by atoms with E-state index in [2.05, 4.69) is 5.32 Å². The highest BCUT2D eigenvalue weighted by atomic mass is 16.4. The number of carbonyl (C=O) groups is 4. The molecule has 3 aromatic carbocycles. The molecule has 0 spiro atoms. The minimum Gasteiger partial charge on any atom is -0.479 e. The van der Waals surface area contributed by atoms with Crippen molar-refractivity contribution in [1.29, 1.82) is 0 Å². The number of rotatable bonds is 5. The van der Waals surface area contributed by atoms with Gasteiger partial charge >= 0.3 is 5.97 Å². The molecule has 0 aliphatic carbocycles. The number of imide groups is 1. The van der Waals surface area contributed by atoms with Crippen molar-refractivity contribution < 1.29 is 24.3 Å². The molecule has 0 saturated heterocycles. The number of aliphatic carboxylic acids is 1. The van der Waals surface area contributed by atoms with Crippen molar-refractivity contribution in [2.45, 2.75) is 13.0 Å². The molecule has 0 radical (unpaired) electrons. The summed E-state index contributed by atoms with van der Waals surface area (Å²) in [6, 6.07) is 18.0. The second kappa shape index (κ2) is 7.87. The Kier molecular flexibility index (Phi) is 5.09. The van der Waals surface area contributed by atoms with E-state index in [1.165, 1.54) is 30.3 Å². The minimum atomic E-state index is -1.50. The van der Waals surface area contributed by atoms with E-state index >= 15 is 0 Å². The number of carboxylic acids is 1. The van der Waals surface area contributed by atoms with Crippen molar-refractivity contribution in [3.05, 3.63) is 101 Å². The van der Waals surface area contributed by atoms with Crippen molar-refractivity contribution in [3.8, 4) is 0 Å². The first kappa shape index (κ1) is 20.0. The molecule has 3 aromatic rings. The molecule has 1 aliphatic rings. The molecule has 1 heterocycles. The molecule has 4 rings (SSSR count). The van der Waals surface area contributed by atoms with Crippen molar-refractivity contribution in [2.75, 3.05) is 5.32 Å². The molecule has 0 saturated carbocycles. The first-order chi connectivity index (χ1) is 14.9. The smallest absolute Gasteiger partial charge is 0.331 e. The maximum absolute atomic E-state index is 13.2. The lowest BCUT2D eigenvalue weighted by molar-refractivity contribution is -0.141. The quantitative estimate of drug-likeness (QED) is 0.620. The fraction of sp³-hybridized carbons (Fsp3) is 0.0833. The minimum absolute atomic E-state index is 0.00346. The highest BCUT2D eigenvalue weighted by molar-refractivity contribution is 6.26. The van der Waals surface area contributed by atoms with Gasteiger partial charge in [-0.25, -0.2) is 4.79 Å². The number of amides is 3. The number of carboxylic acid groups (broad SMARTS) is 1. The summed E-state index contributed by atoms with van der Waals surface area (Å²) < 4.78 is 0. The summed E-state index contributed by atoms with van der Waals surface area (Å²) >= 11 is 0. The molecule has 154 valence electrons. The van der Waals surface area contributed by atoms with Gasteiger partial charge in [0.05, 0.1) is 16.7 Å². The van der Waals surface area contributed by atoms with Gasteiger partial charge in [-0.2, -0.15) is 0 Å². The highest BCUT2D eigenvalue weighted by Gasteiger charge is 2.45. The van der Waals surface area contributed by atoms with E-state index in [0.29, 0.717) is 10.6 Å². The molecule has 31 heavy (non-hydrogen) atoms. The lowest BCUT2D eigenvalue weighted by Gasteiger charge is -2.22. The molecule has 2 N–H and O–H groups in total. The van der Waals surface area contributed by atoms with E-state index in [9.17, 15) is 24.3 Å². The lowest BCUT2D eigenvalue weighted by Crippen LogP contribution is -2.38. The van der Waals surface area contributed by atoms with Gasteiger partial charge in [-0.3, -0.25) is 19.3 Å². The lowest BCUT2D eigenvalue weighted by atomic mass is 10.0. The van der Waals surface area contributed by atoms with Crippen LogP contribution in [0, 0.1) is 6.92 Å². The summed E-state index contributed by atoms with van der Waals surface area (Å²) in [7, 11) is 0. The number of carbonyl (C=O) groups excluding carboxylic acids is 3. The molecule has 7 heteroatoms. The van der Waals surface area contributed by atoms with E-state index in [-0.39, 0.29) is 22.3 Å². The monoisotopic (exact) mass is 414 g/mol. The summed E-state index contributed by atoms with van der Waals surface area (Å²) in [5, 5.41) is 12.5. The molecule has 0 fully saturated rings. The van der Waals surface area contributed by atoms with Gasteiger partial charge in [-0.1, -0.05) is 54.1 Å². The largest absolute Gasteiger partial charge is 0.479 e. The molecular formula is C24H18N2O5. The van der Waals surface area contributed by atoms with Gasteiger partial charge in [-0.05, 0) is 36.8 Å². The van der Waals surface area contributed by atoms with E-state index in [1.54, 1.807) is 30.3 Å². The number of anilines is 1. The zero-order valence-electron chi connectivity index (χ0n) is 16.5. The van der Waals surface area contributed by atoms with Crippen molar-refractivity contribution >= 4 is 29.4 Å². The first-order valence-electron chi connectivity index (χ1n) is 9.55. The highest BCUT2D eigenvalue weighted by Crippen LogP contribution is 2.33. The molecular weight excluding hydrogens is 396 g/mol. The zero-order chi connectivity index (χ0) is 22.1. The normalized spacial score (nSPS) is 13.6. The maximum Gasteiger partial charge on any atom is 0.331 e. The van der Waals surface area contributed by atoms with Crippen LogP contribution < -0.4 is 5.32 Å². The molecule has 1 aliphatic heterocycles. The van der Waals surface area contributed by atoms with Gasteiger partial charge < -0.3 is 10.4 Å². The third-order valence-electron chi connectivity index (χ3n) is 5.11. The summed E-state index contributed by atoms with van der Waals surface area (Å²) in [4.78, 5) is 51.8. The summed E-state index contributed by atoms with van der Waals surface area (Å²) in [6.07, 6.45) is 0. The van der Waals surface area contributed by atoms with Crippen LogP contribution in [0.25, 0.3) is 0 Å². The standard InChI is InChI=1S/C24H18N2O5/c1-14-10-12-16(13-11-14)25-21(27)17-8-5-9-18-19(17)23(29)26(22(18)28)20(24(30)31)15-6-3-2-4-7-15/h2-13,20H,1H3,(H,25,27)(H,30,31).